The van der Waals surface area contributed by atoms with E-state index in [2.05, 4.69) is 49.8 Å². The Hall–Kier alpha value is -3.89. The molecule has 5 aliphatic rings. The Morgan fingerprint density at radius 2 is 1.80 bits per heavy atom. The number of alkyl carbamates (subject to hydrolysis) is 1. The molecule has 13 heteroatoms. The Kier molecular flexibility index (Phi) is 7.75. The van der Waals surface area contributed by atoms with Crippen molar-refractivity contribution in [3.05, 3.63) is 51.8 Å². The summed E-state index contributed by atoms with van der Waals surface area (Å²) in [5.41, 5.74) is 3.67. The van der Waals surface area contributed by atoms with E-state index in [1.807, 2.05) is 26.8 Å². The lowest BCUT2D eigenvalue weighted by molar-refractivity contribution is -0.160. The summed E-state index contributed by atoms with van der Waals surface area (Å²) in [4.78, 5) is 27.3. The first-order valence-corrected chi connectivity index (χ1v) is 18.6. The number of nitrogens with zero attached hydrogens (tertiary/aromatic N) is 6. The van der Waals surface area contributed by atoms with Crippen molar-refractivity contribution in [3.63, 3.8) is 0 Å². The van der Waals surface area contributed by atoms with Crippen molar-refractivity contribution in [1.82, 2.24) is 24.8 Å². The van der Waals surface area contributed by atoms with Crippen molar-refractivity contribution >= 4 is 44.4 Å². The van der Waals surface area contributed by atoms with Crippen molar-refractivity contribution in [2.24, 2.45) is 10.8 Å². The van der Waals surface area contributed by atoms with Gasteiger partial charge in [0.25, 0.3) is 0 Å². The minimum atomic E-state index is -4.26. The number of carbonyl (C=O) groups excluding carboxylic acids is 1. The summed E-state index contributed by atoms with van der Waals surface area (Å²) in [6.07, 6.45) is -0.828. The average molecular weight is 720 g/mol. The number of fused-ring (bicyclic) bond motifs is 2. The molecule has 3 saturated carbocycles. The monoisotopic (exact) mass is 719 g/mol. The van der Waals surface area contributed by atoms with E-state index in [0.29, 0.717) is 16.3 Å². The first kappa shape index (κ1) is 34.2. The molecule has 270 valence electrons. The number of aryl methyl sites for hydroxylation is 2. The third kappa shape index (κ3) is 6.32. The van der Waals surface area contributed by atoms with Gasteiger partial charge in [-0.3, -0.25) is 4.90 Å². The van der Waals surface area contributed by atoms with Crippen molar-refractivity contribution in [2.75, 3.05) is 31.1 Å². The molecule has 1 spiro atoms. The number of anilines is 1. The fourth-order valence-corrected chi connectivity index (χ4v) is 10.6. The van der Waals surface area contributed by atoms with E-state index < -0.39 is 18.2 Å². The van der Waals surface area contributed by atoms with E-state index in [4.69, 9.17) is 9.72 Å². The van der Waals surface area contributed by atoms with Gasteiger partial charge in [-0.25, -0.2) is 14.8 Å². The molecule has 3 aromatic heterocycles. The maximum Gasteiger partial charge on any atom is 0.408 e. The number of hydrogen-bond donors (Lipinski definition) is 1. The van der Waals surface area contributed by atoms with Crippen molar-refractivity contribution in [1.29, 1.82) is 5.26 Å². The number of rotatable bonds is 7. The first-order valence-electron chi connectivity index (χ1n) is 17.8. The fraction of sp³-hybridized carbons (Fsp3) is 0.579. The zero-order chi connectivity index (χ0) is 36.1. The zero-order valence-electron chi connectivity index (χ0n) is 29.8. The van der Waals surface area contributed by atoms with Crippen LogP contribution in [0, 0.1) is 36.0 Å². The van der Waals surface area contributed by atoms with Crippen LogP contribution in [-0.2, 0) is 24.2 Å². The number of nitrogens with one attached hydrogen (secondary N) is 1. The van der Waals surface area contributed by atoms with Gasteiger partial charge in [-0.2, -0.15) is 18.4 Å². The Morgan fingerprint density at radius 1 is 1.06 bits per heavy atom. The van der Waals surface area contributed by atoms with Crippen LogP contribution < -0.4 is 10.2 Å². The van der Waals surface area contributed by atoms with Crippen LogP contribution in [0.1, 0.15) is 80.4 Å². The second-order valence-electron chi connectivity index (χ2n) is 16.9. The number of alkyl halides is 3. The Balaban J connectivity index is 0.936. The van der Waals surface area contributed by atoms with E-state index in [1.165, 1.54) is 11.1 Å². The lowest BCUT2D eigenvalue weighted by Gasteiger charge is -2.70. The smallest absolute Gasteiger partial charge is 0.408 e. The maximum atomic E-state index is 13.2. The summed E-state index contributed by atoms with van der Waals surface area (Å²) in [6, 6.07) is 10.5. The van der Waals surface area contributed by atoms with Gasteiger partial charge in [0.2, 0.25) is 0 Å². The number of hydrogen-bond acceptors (Lipinski definition) is 8. The van der Waals surface area contributed by atoms with Crippen molar-refractivity contribution < 1.29 is 22.7 Å². The normalized spacial score (nSPS) is 26.1. The molecule has 3 aliphatic carbocycles. The number of nitriles is 1. The second kappa shape index (κ2) is 11.6. The number of halogens is 3. The lowest BCUT2D eigenvalue weighted by atomic mass is 9.39. The van der Waals surface area contributed by atoms with Gasteiger partial charge in [0, 0.05) is 59.5 Å². The highest BCUT2D eigenvalue weighted by Gasteiger charge is 2.68. The van der Waals surface area contributed by atoms with Gasteiger partial charge in [-0.15, -0.1) is 11.3 Å². The van der Waals surface area contributed by atoms with E-state index in [9.17, 15) is 23.2 Å². The van der Waals surface area contributed by atoms with Crippen LogP contribution in [-0.4, -0.2) is 69.0 Å². The largest absolute Gasteiger partial charge is 0.444 e. The lowest BCUT2D eigenvalue weighted by Crippen LogP contribution is -2.75. The summed E-state index contributed by atoms with van der Waals surface area (Å²) < 4.78 is 47.1. The number of carbonyl (C=O) groups is 1. The molecule has 5 heterocycles. The van der Waals surface area contributed by atoms with Crippen LogP contribution in [0.3, 0.4) is 0 Å². The van der Waals surface area contributed by atoms with Crippen molar-refractivity contribution in [3.8, 4) is 6.07 Å². The number of thiophene rings is 1. The standard InChI is InChI=1S/C38H44F3N7O2S/c1-23-25(6-7-30-28(23)12-26(15-42)48(30)22-36-17-37(18-36,19-36)45-33(49)50-34(3,4)5)16-46-10-8-35(20-46)9-11-47(21-35)31-29-13-27(14-38(39,40)41)51-32(29)44-24(2)43-31/h6-7,12-13H,8-11,14,16-22H2,1-5H3,(H,45,49). The van der Waals surface area contributed by atoms with Crippen LogP contribution >= 0.6 is 11.3 Å². The number of aromatic nitrogens is 3. The van der Waals surface area contributed by atoms with Gasteiger partial charge in [0.15, 0.2) is 0 Å². The highest BCUT2D eigenvalue weighted by Crippen LogP contribution is 2.68. The van der Waals surface area contributed by atoms with Gasteiger partial charge in [0.1, 0.15) is 33.8 Å². The van der Waals surface area contributed by atoms with E-state index in [0.717, 1.165) is 105 Å². The Labute approximate surface area is 299 Å². The molecule has 2 bridgehead atoms. The molecule has 5 fully saturated rings. The second-order valence-corrected chi connectivity index (χ2v) is 18.0. The van der Waals surface area contributed by atoms with E-state index >= 15 is 0 Å². The summed E-state index contributed by atoms with van der Waals surface area (Å²) in [5.74, 6) is 1.33. The summed E-state index contributed by atoms with van der Waals surface area (Å²) in [7, 11) is 0. The minimum absolute atomic E-state index is 0.0865. The van der Waals surface area contributed by atoms with Crippen LogP contribution in [0.25, 0.3) is 21.1 Å². The molecule has 1 N–H and O–H groups in total. The highest BCUT2D eigenvalue weighted by atomic mass is 32.1. The third-order valence-electron chi connectivity index (χ3n) is 11.5. The van der Waals surface area contributed by atoms with E-state index in [-0.39, 0.29) is 27.3 Å². The third-order valence-corrected chi connectivity index (χ3v) is 12.6. The minimum Gasteiger partial charge on any atom is -0.444 e. The highest BCUT2D eigenvalue weighted by molar-refractivity contribution is 7.18. The Morgan fingerprint density at radius 3 is 2.51 bits per heavy atom. The molecule has 1 aromatic carbocycles. The summed E-state index contributed by atoms with van der Waals surface area (Å²) >= 11 is 1.11. The van der Waals surface area contributed by atoms with Gasteiger partial charge < -0.3 is 19.5 Å². The average Bonchev–Trinajstić information content (AvgIpc) is 3.76. The van der Waals surface area contributed by atoms with Gasteiger partial charge in [-0.1, -0.05) is 6.07 Å². The molecule has 51 heavy (non-hydrogen) atoms. The Bertz CT molecular complexity index is 2090. The maximum absolute atomic E-state index is 13.2. The molecule has 1 unspecified atom stereocenters. The van der Waals surface area contributed by atoms with Gasteiger partial charge >= 0.3 is 12.3 Å². The number of benzene rings is 1. The predicted molar refractivity (Wildman–Crippen MR) is 191 cm³/mol. The van der Waals surface area contributed by atoms with Gasteiger partial charge in [0.05, 0.1) is 11.8 Å². The molecule has 4 aromatic rings. The molecule has 0 radical (unpaired) electrons. The molecule has 9 nitrogen and oxygen atoms in total. The summed E-state index contributed by atoms with van der Waals surface area (Å²) in [5, 5.41) is 15.1. The van der Waals surface area contributed by atoms with Crippen molar-refractivity contribution in [2.45, 2.75) is 104 Å². The number of amides is 1. The molecule has 9 rings (SSSR count). The zero-order valence-corrected chi connectivity index (χ0v) is 30.7. The first-order chi connectivity index (χ1) is 23.9. The van der Waals surface area contributed by atoms with Crippen LogP contribution in [0.2, 0.25) is 0 Å². The molecular weight excluding hydrogens is 676 g/mol. The van der Waals surface area contributed by atoms with Gasteiger partial charge in [-0.05, 0) is 108 Å². The molecule has 2 aliphatic heterocycles. The summed E-state index contributed by atoms with van der Waals surface area (Å²) in [6.45, 7) is 14.7. The SMILES string of the molecule is Cc1nc(N2CCC3(CCN(Cc4ccc5c(cc(C#N)n5CC56CC(NC(=O)OC(C)(C)C)(C5)C6)c4C)C3)C2)c2cc(CC(F)(F)F)sc2n1. The van der Waals surface area contributed by atoms with E-state index in [1.54, 1.807) is 13.0 Å². The number of ether oxygens (including phenoxy) is 1. The van der Waals surface area contributed by atoms with Crippen LogP contribution in [0.5, 0.6) is 0 Å². The van der Waals surface area contributed by atoms with Crippen LogP contribution in [0.15, 0.2) is 24.3 Å². The molecular formula is C38H44F3N7O2S. The number of likely N-dealkylation sites (tertiary alicyclic amines) is 1. The fourth-order valence-electron chi connectivity index (χ4n) is 9.55. The molecule has 2 saturated heterocycles. The predicted octanol–water partition coefficient (Wildman–Crippen LogP) is 7.79. The molecule has 1 atom stereocenters. The topological polar surface area (TPSA) is 99.3 Å². The van der Waals surface area contributed by atoms with Crippen LogP contribution in [0.4, 0.5) is 23.8 Å². The molecule has 1 amide bonds. The quantitative estimate of drug-likeness (QED) is 0.208.